The van der Waals surface area contributed by atoms with Crippen LogP contribution in [0.5, 0.6) is 0 Å². The molecule has 3 aromatic rings. The highest BCUT2D eigenvalue weighted by molar-refractivity contribution is 5.73. The van der Waals surface area contributed by atoms with Gasteiger partial charge in [0.25, 0.3) is 0 Å². The third kappa shape index (κ3) is 3.89. The van der Waals surface area contributed by atoms with Crippen LogP contribution in [-0.4, -0.2) is 55.7 Å². The van der Waals surface area contributed by atoms with E-state index in [2.05, 4.69) is 20.6 Å². The summed E-state index contributed by atoms with van der Waals surface area (Å²) in [5.41, 5.74) is 1.93. The summed E-state index contributed by atoms with van der Waals surface area (Å²) >= 11 is 0. The highest BCUT2D eigenvalue weighted by Gasteiger charge is 2.18. The van der Waals surface area contributed by atoms with Crippen molar-refractivity contribution < 1.29 is 9.53 Å². The Kier molecular flexibility index (Phi) is 5.34. The molecular weight excluding hydrogens is 358 g/mol. The molecule has 2 amide bonds. The first-order valence-corrected chi connectivity index (χ1v) is 9.28. The third-order valence-electron chi connectivity index (χ3n) is 4.73. The molecule has 146 valence electrons. The average molecular weight is 381 g/mol. The molecule has 0 unspecified atom stereocenters. The second kappa shape index (κ2) is 8.22. The van der Waals surface area contributed by atoms with Crippen LogP contribution in [0.4, 0.5) is 4.79 Å². The largest absolute Gasteiger partial charge is 0.379 e. The van der Waals surface area contributed by atoms with E-state index < -0.39 is 0 Å². The van der Waals surface area contributed by atoms with Crippen molar-refractivity contribution in [3.05, 3.63) is 59.9 Å². The first kappa shape index (κ1) is 18.2. The van der Waals surface area contributed by atoms with E-state index >= 15 is 0 Å². The number of ether oxygens (including phenoxy) is 1. The number of nitrogens with one attached hydrogen (secondary N) is 1. The van der Waals surface area contributed by atoms with E-state index in [1.165, 1.54) is 0 Å². The summed E-state index contributed by atoms with van der Waals surface area (Å²) in [6.07, 6.45) is 4.36. The molecular formula is C19H23N7O2. The second-order valence-electron chi connectivity index (χ2n) is 6.64. The zero-order valence-corrected chi connectivity index (χ0v) is 15.8. The number of urea groups is 1. The molecule has 1 aliphatic rings. The molecule has 3 heterocycles. The van der Waals surface area contributed by atoms with Crippen LogP contribution in [-0.2, 0) is 30.8 Å². The van der Waals surface area contributed by atoms with Gasteiger partial charge < -0.3 is 19.5 Å². The second-order valence-corrected chi connectivity index (χ2v) is 6.64. The van der Waals surface area contributed by atoms with Crippen molar-refractivity contribution in [3.8, 4) is 5.69 Å². The van der Waals surface area contributed by atoms with Crippen molar-refractivity contribution in [2.24, 2.45) is 0 Å². The summed E-state index contributed by atoms with van der Waals surface area (Å²) in [5.74, 6) is 1.68. The van der Waals surface area contributed by atoms with E-state index in [0.29, 0.717) is 32.8 Å². The molecule has 0 atom stereocenters. The fraction of sp³-hybridized carbons (Fsp3) is 0.368. The summed E-state index contributed by atoms with van der Waals surface area (Å²) in [4.78, 5) is 14.2. The van der Waals surface area contributed by atoms with Crippen LogP contribution in [0.15, 0.2) is 42.7 Å². The van der Waals surface area contributed by atoms with Crippen LogP contribution in [0.1, 0.15) is 17.2 Å². The Labute approximate surface area is 162 Å². The Balaban J connectivity index is 1.39. The SMILES string of the molecule is CN(Cc1nnc2n1CCOCC2)C(=O)NCc1ccccc1-n1cccn1. The fourth-order valence-corrected chi connectivity index (χ4v) is 3.24. The standard InChI is InChI=1S/C19H23N7O2/c1-24(14-18-23-22-17-7-11-28-12-10-25(17)18)19(27)20-13-15-5-2-3-6-16(15)26-9-4-8-21-26/h2-6,8-9H,7,10-14H2,1H3,(H,20,27). The molecule has 0 fully saturated rings. The van der Waals surface area contributed by atoms with E-state index in [9.17, 15) is 4.79 Å². The van der Waals surface area contributed by atoms with Crippen molar-refractivity contribution >= 4 is 6.03 Å². The number of hydrogen-bond donors (Lipinski definition) is 1. The molecule has 0 saturated heterocycles. The number of hydrogen-bond acceptors (Lipinski definition) is 5. The summed E-state index contributed by atoms with van der Waals surface area (Å²) in [6.45, 7) is 2.80. The maximum Gasteiger partial charge on any atom is 0.317 e. The van der Waals surface area contributed by atoms with E-state index in [1.807, 2.05) is 41.1 Å². The van der Waals surface area contributed by atoms with E-state index in [1.54, 1.807) is 22.8 Å². The van der Waals surface area contributed by atoms with Gasteiger partial charge in [-0.1, -0.05) is 18.2 Å². The van der Waals surface area contributed by atoms with Gasteiger partial charge in [0.1, 0.15) is 5.82 Å². The number of para-hydroxylation sites is 1. The molecule has 0 spiro atoms. The predicted octanol–water partition coefficient (Wildman–Crippen LogP) is 1.38. The number of fused-ring (bicyclic) bond motifs is 1. The van der Waals surface area contributed by atoms with Gasteiger partial charge in [-0.25, -0.2) is 9.48 Å². The first-order valence-electron chi connectivity index (χ1n) is 9.28. The van der Waals surface area contributed by atoms with Crippen LogP contribution >= 0.6 is 0 Å². The Bertz CT molecular complexity index is 936. The number of amides is 2. The summed E-state index contributed by atoms with van der Waals surface area (Å²) in [6, 6.07) is 9.57. The minimum absolute atomic E-state index is 0.169. The minimum Gasteiger partial charge on any atom is -0.379 e. The van der Waals surface area contributed by atoms with Gasteiger partial charge in [-0.2, -0.15) is 5.10 Å². The lowest BCUT2D eigenvalue weighted by atomic mass is 10.2. The van der Waals surface area contributed by atoms with Gasteiger partial charge in [0.15, 0.2) is 5.82 Å². The van der Waals surface area contributed by atoms with E-state index in [-0.39, 0.29) is 6.03 Å². The molecule has 0 saturated carbocycles. The van der Waals surface area contributed by atoms with Crippen LogP contribution in [0, 0.1) is 0 Å². The van der Waals surface area contributed by atoms with E-state index in [0.717, 1.165) is 29.3 Å². The maximum atomic E-state index is 12.6. The van der Waals surface area contributed by atoms with Crippen LogP contribution in [0.25, 0.3) is 5.69 Å². The van der Waals surface area contributed by atoms with Gasteiger partial charge in [0.2, 0.25) is 0 Å². The molecule has 28 heavy (non-hydrogen) atoms. The normalized spacial score (nSPS) is 13.6. The number of nitrogens with zero attached hydrogens (tertiary/aromatic N) is 6. The molecule has 0 radical (unpaired) electrons. The Morgan fingerprint density at radius 1 is 1.25 bits per heavy atom. The monoisotopic (exact) mass is 381 g/mol. The van der Waals surface area contributed by atoms with Gasteiger partial charge in [-0.05, 0) is 17.7 Å². The maximum absolute atomic E-state index is 12.6. The predicted molar refractivity (Wildman–Crippen MR) is 102 cm³/mol. The molecule has 0 aliphatic carbocycles. The Hall–Kier alpha value is -3.20. The van der Waals surface area contributed by atoms with Gasteiger partial charge in [-0.15, -0.1) is 10.2 Å². The minimum atomic E-state index is -0.169. The van der Waals surface area contributed by atoms with Crippen molar-refractivity contribution in [2.45, 2.75) is 26.1 Å². The third-order valence-corrected chi connectivity index (χ3v) is 4.73. The molecule has 2 aromatic heterocycles. The summed E-state index contributed by atoms with van der Waals surface area (Å²) in [7, 11) is 1.75. The number of rotatable bonds is 5. The molecule has 4 rings (SSSR count). The fourth-order valence-electron chi connectivity index (χ4n) is 3.24. The van der Waals surface area contributed by atoms with Gasteiger partial charge >= 0.3 is 6.03 Å². The van der Waals surface area contributed by atoms with E-state index in [4.69, 9.17) is 4.74 Å². The van der Waals surface area contributed by atoms with Crippen molar-refractivity contribution in [1.82, 2.24) is 34.8 Å². The van der Waals surface area contributed by atoms with Crippen molar-refractivity contribution in [3.63, 3.8) is 0 Å². The van der Waals surface area contributed by atoms with Crippen LogP contribution in [0.2, 0.25) is 0 Å². The van der Waals surface area contributed by atoms with Gasteiger partial charge in [-0.3, -0.25) is 0 Å². The van der Waals surface area contributed by atoms with Gasteiger partial charge in [0, 0.05) is 39.0 Å². The number of benzene rings is 1. The zero-order valence-electron chi connectivity index (χ0n) is 15.8. The van der Waals surface area contributed by atoms with Crippen LogP contribution < -0.4 is 5.32 Å². The number of carbonyl (C=O) groups is 1. The summed E-state index contributed by atoms with van der Waals surface area (Å²) < 4.78 is 9.32. The molecule has 0 bridgehead atoms. The Morgan fingerprint density at radius 3 is 3.00 bits per heavy atom. The number of aromatic nitrogens is 5. The quantitative estimate of drug-likeness (QED) is 0.721. The Morgan fingerprint density at radius 2 is 2.14 bits per heavy atom. The molecule has 1 aliphatic heterocycles. The highest BCUT2D eigenvalue weighted by Crippen LogP contribution is 2.14. The molecule has 1 N–H and O–H groups in total. The van der Waals surface area contributed by atoms with Crippen LogP contribution in [0.3, 0.4) is 0 Å². The molecule has 9 nitrogen and oxygen atoms in total. The number of carbonyl (C=O) groups excluding carboxylic acids is 1. The average Bonchev–Trinajstić information content (AvgIpc) is 3.31. The zero-order chi connectivity index (χ0) is 19.3. The van der Waals surface area contributed by atoms with Crippen molar-refractivity contribution in [1.29, 1.82) is 0 Å². The lowest BCUT2D eigenvalue weighted by Crippen LogP contribution is -2.37. The molecule has 9 heteroatoms. The lowest BCUT2D eigenvalue weighted by molar-refractivity contribution is 0.139. The lowest BCUT2D eigenvalue weighted by Gasteiger charge is -2.19. The van der Waals surface area contributed by atoms with Crippen molar-refractivity contribution in [2.75, 3.05) is 20.3 Å². The highest BCUT2D eigenvalue weighted by atomic mass is 16.5. The first-order chi connectivity index (χ1) is 13.7. The van der Waals surface area contributed by atoms with Gasteiger partial charge in [0.05, 0.1) is 25.4 Å². The summed E-state index contributed by atoms with van der Waals surface area (Å²) in [5, 5.41) is 15.7. The topological polar surface area (TPSA) is 90.1 Å². The smallest absolute Gasteiger partial charge is 0.317 e. The molecule has 1 aromatic carbocycles.